The Morgan fingerprint density at radius 2 is 1.12 bits per heavy atom. The van der Waals surface area contributed by atoms with Crippen molar-refractivity contribution < 1.29 is 19.7 Å². The van der Waals surface area contributed by atoms with Crippen molar-refractivity contribution >= 4 is 11.8 Å². The van der Waals surface area contributed by atoms with Crippen LogP contribution in [0.15, 0.2) is 60.7 Å². The maximum atomic E-state index is 10.5. The minimum absolute atomic E-state index is 0.412. The van der Waals surface area contributed by atoms with Crippen molar-refractivity contribution in [3.63, 3.8) is 0 Å². The summed E-state index contributed by atoms with van der Waals surface area (Å²) < 4.78 is 11.7. The molecule has 25 heavy (non-hydrogen) atoms. The van der Waals surface area contributed by atoms with E-state index in [2.05, 4.69) is 0 Å². The van der Waals surface area contributed by atoms with Crippen LogP contribution >= 0.6 is 11.8 Å². The molecule has 1 aliphatic heterocycles. The van der Waals surface area contributed by atoms with Gasteiger partial charge in [0.1, 0.15) is 12.2 Å². The minimum atomic E-state index is -0.959. The molecule has 1 aliphatic rings. The number of rotatable bonds is 6. The second-order valence-electron chi connectivity index (χ2n) is 6.19. The monoisotopic (exact) mass is 360 g/mol. The fourth-order valence-electron chi connectivity index (χ4n) is 2.79. The second kappa shape index (κ2) is 9.36. The number of thioether (sulfide) groups is 1. The third kappa shape index (κ3) is 5.30. The lowest BCUT2D eigenvalue weighted by molar-refractivity contribution is -0.128. The quantitative estimate of drug-likeness (QED) is 0.829. The highest BCUT2D eigenvalue weighted by molar-refractivity contribution is 7.99. The van der Waals surface area contributed by atoms with Gasteiger partial charge in [0.05, 0.1) is 25.4 Å². The zero-order valence-corrected chi connectivity index (χ0v) is 14.8. The van der Waals surface area contributed by atoms with E-state index in [1.165, 1.54) is 0 Å². The van der Waals surface area contributed by atoms with Gasteiger partial charge in [0, 0.05) is 11.5 Å². The van der Waals surface area contributed by atoms with Crippen molar-refractivity contribution in [2.45, 2.75) is 37.6 Å². The molecule has 4 atom stereocenters. The molecule has 4 nitrogen and oxygen atoms in total. The number of hydrogen-bond acceptors (Lipinski definition) is 5. The summed E-state index contributed by atoms with van der Waals surface area (Å²) in [6.07, 6.45) is -2.74. The molecule has 0 radical (unpaired) electrons. The van der Waals surface area contributed by atoms with E-state index in [9.17, 15) is 10.2 Å². The SMILES string of the molecule is O[C@H]1[C@H](O)[C@H](OCc2ccccc2)CSC[C@H]1OCc1ccccc1. The minimum Gasteiger partial charge on any atom is -0.388 e. The van der Waals surface area contributed by atoms with E-state index < -0.39 is 24.4 Å². The number of hydrogen-bond donors (Lipinski definition) is 2. The highest BCUT2D eigenvalue weighted by atomic mass is 32.2. The molecule has 0 aromatic heterocycles. The zero-order valence-electron chi connectivity index (χ0n) is 14.0. The predicted octanol–water partition coefficient (Wildman–Crippen LogP) is 2.63. The lowest BCUT2D eigenvalue weighted by Gasteiger charge is -2.27. The van der Waals surface area contributed by atoms with Gasteiger partial charge in [-0.15, -0.1) is 0 Å². The molecule has 0 unspecified atom stereocenters. The van der Waals surface area contributed by atoms with E-state index in [0.29, 0.717) is 24.7 Å². The Bertz CT molecular complexity index is 567. The van der Waals surface area contributed by atoms with Gasteiger partial charge in [-0.05, 0) is 11.1 Å². The zero-order chi connectivity index (χ0) is 17.5. The van der Waals surface area contributed by atoms with E-state index >= 15 is 0 Å². The Hall–Kier alpha value is -1.37. The topological polar surface area (TPSA) is 58.9 Å². The molecule has 1 saturated heterocycles. The average molecular weight is 360 g/mol. The normalized spacial score (nSPS) is 27.0. The van der Waals surface area contributed by atoms with Crippen molar-refractivity contribution in [3.8, 4) is 0 Å². The number of aliphatic hydroxyl groups excluding tert-OH is 2. The lowest BCUT2D eigenvalue weighted by Crippen LogP contribution is -2.45. The molecule has 1 fully saturated rings. The summed E-state index contributed by atoms with van der Waals surface area (Å²) >= 11 is 1.64. The van der Waals surface area contributed by atoms with Gasteiger partial charge in [0.25, 0.3) is 0 Å². The number of aliphatic hydroxyl groups is 2. The van der Waals surface area contributed by atoms with Crippen molar-refractivity contribution in [2.24, 2.45) is 0 Å². The first-order valence-electron chi connectivity index (χ1n) is 8.49. The van der Waals surface area contributed by atoms with Crippen LogP contribution in [0.5, 0.6) is 0 Å². The van der Waals surface area contributed by atoms with E-state index in [1.807, 2.05) is 60.7 Å². The van der Waals surface area contributed by atoms with Gasteiger partial charge >= 0.3 is 0 Å². The van der Waals surface area contributed by atoms with E-state index in [0.717, 1.165) is 11.1 Å². The van der Waals surface area contributed by atoms with Crippen LogP contribution in [-0.2, 0) is 22.7 Å². The van der Waals surface area contributed by atoms with E-state index in [-0.39, 0.29) is 0 Å². The van der Waals surface area contributed by atoms with E-state index in [1.54, 1.807) is 11.8 Å². The van der Waals surface area contributed by atoms with Gasteiger partial charge in [0.15, 0.2) is 0 Å². The van der Waals surface area contributed by atoms with Gasteiger partial charge < -0.3 is 19.7 Å². The van der Waals surface area contributed by atoms with Crippen molar-refractivity contribution in [1.29, 1.82) is 0 Å². The van der Waals surface area contributed by atoms with Crippen molar-refractivity contribution in [1.82, 2.24) is 0 Å². The highest BCUT2D eigenvalue weighted by Gasteiger charge is 2.36. The summed E-state index contributed by atoms with van der Waals surface area (Å²) in [5, 5.41) is 21.0. The van der Waals surface area contributed by atoms with Gasteiger partial charge in [-0.25, -0.2) is 0 Å². The summed E-state index contributed by atoms with van der Waals surface area (Å²) in [6.45, 7) is 0.844. The fraction of sp³-hybridized carbons (Fsp3) is 0.400. The van der Waals surface area contributed by atoms with Crippen LogP contribution in [0.1, 0.15) is 11.1 Å². The van der Waals surface area contributed by atoms with Crippen molar-refractivity contribution in [3.05, 3.63) is 71.8 Å². The molecule has 3 rings (SSSR count). The van der Waals surface area contributed by atoms with Gasteiger partial charge in [0.2, 0.25) is 0 Å². The Morgan fingerprint density at radius 1 is 0.720 bits per heavy atom. The first-order valence-corrected chi connectivity index (χ1v) is 9.64. The lowest BCUT2D eigenvalue weighted by atomic mass is 10.0. The Labute approximate surface area is 152 Å². The summed E-state index contributed by atoms with van der Waals surface area (Å²) in [6, 6.07) is 19.7. The van der Waals surface area contributed by atoms with Crippen LogP contribution in [0.4, 0.5) is 0 Å². The number of ether oxygens (including phenoxy) is 2. The summed E-state index contributed by atoms with van der Waals surface area (Å²) in [5.74, 6) is 1.27. The van der Waals surface area contributed by atoms with Crippen LogP contribution < -0.4 is 0 Å². The first-order chi connectivity index (χ1) is 12.2. The smallest absolute Gasteiger partial charge is 0.109 e. The second-order valence-corrected chi connectivity index (χ2v) is 7.26. The molecule has 2 aromatic rings. The molecule has 5 heteroatoms. The largest absolute Gasteiger partial charge is 0.388 e. The van der Waals surface area contributed by atoms with Crippen LogP contribution in [0.25, 0.3) is 0 Å². The molecule has 2 N–H and O–H groups in total. The maximum absolute atomic E-state index is 10.5. The Kier molecular flexibility index (Phi) is 6.90. The number of benzene rings is 2. The summed E-state index contributed by atoms with van der Waals surface area (Å²) in [4.78, 5) is 0. The molecule has 0 aliphatic carbocycles. The molecule has 1 heterocycles. The highest BCUT2D eigenvalue weighted by Crippen LogP contribution is 2.24. The van der Waals surface area contributed by atoms with Crippen LogP contribution in [0.3, 0.4) is 0 Å². The first kappa shape index (κ1) is 18.4. The molecule has 0 amide bonds. The summed E-state index contributed by atoms with van der Waals surface area (Å²) in [7, 11) is 0. The molecule has 0 spiro atoms. The molecule has 0 bridgehead atoms. The third-order valence-electron chi connectivity index (χ3n) is 4.29. The molecule has 0 saturated carbocycles. The van der Waals surface area contributed by atoms with Crippen molar-refractivity contribution in [2.75, 3.05) is 11.5 Å². The predicted molar refractivity (Wildman–Crippen MR) is 99.4 cm³/mol. The van der Waals surface area contributed by atoms with Crippen LogP contribution in [0, 0.1) is 0 Å². The molecular weight excluding hydrogens is 336 g/mol. The molecule has 134 valence electrons. The average Bonchev–Trinajstić information content (AvgIpc) is 2.79. The van der Waals surface area contributed by atoms with Gasteiger partial charge in [-0.2, -0.15) is 11.8 Å². The third-order valence-corrected chi connectivity index (χ3v) is 5.42. The van der Waals surface area contributed by atoms with Gasteiger partial charge in [-0.3, -0.25) is 0 Å². The molecular formula is C20H24O4S. The summed E-state index contributed by atoms with van der Waals surface area (Å²) in [5.41, 5.74) is 2.10. The van der Waals surface area contributed by atoms with Gasteiger partial charge in [-0.1, -0.05) is 60.7 Å². The van der Waals surface area contributed by atoms with E-state index in [4.69, 9.17) is 9.47 Å². The Morgan fingerprint density at radius 3 is 1.52 bits per heavy atom. The Balaban J connectivity index is 1.53. The van der Waals surface area contributed by atoms with Crippen LogP contribution in [0.2, 0.25) is 0 Å². The van der Waals surface area contributed by atoms with Crippen LogP contribution in [-0.4, -0.2) is 46.1 Å². The molecule has 2 aromatic carbocycles. The maximum Gasteiger partial charge on any atom is 0.109 e. The standard InChI is InChI=1S/C20H24O4S/c21-19-17(23-11-15-7-3-1-4-8-15)13-25-14-18(20(19)22)24-12-16-9-5-2-6-10-16/h1-10,17-22H,11-14H2/t17-,18-,19-,20-/m1/s1. The fourth-order valence-corrected chi connectivity index (χ4v) is 3.97.